The maximum Gasteiger partial charge on any atom is 0.146 e. The third kappa shape index (κ3) is 2.45. The van der Waals surface area contributed by atoms with E-state index in [1.165, 1.54) is 0 Å². The first-order chi connectivity index (χ1) is 5.24. The molecule has 0 spiro atoms. The number of thioether (sulfide) groups is 1. The number of carbonyl (C=O) groups excluding carboxylic acids is 1. The Kier molecular flexibility index (Phi) is 3.33. The molecule has 2 nitrogen and oxygen atoms in total. The van der Waals surface area contributed by atoms with Crippen LogP contribution in [0.25, 0.3) is 0 Å². The molecule has 0 saturated carbocycles. The van der Waals surface area contributed by atoms with Gasteiger partial charge in [-0.3, -0.25) is 4.79 Å². The minimum Gasteiger partial charge on any atom is -0.390 e. The molecule has 1 fully saturated rings. The molecule has 0 bridgehead atoms. The number of halogens is 1. The van der Waals surface area contributed by atoms with E-state index in [9.17, 15) is 9.18 Å². The zero-order valence-corrected chi connectivity index (χ0v) is 6.94. The van der Waals surface area contributed by atoms with E-state index < -0.39 is 12.8 Å². The van der Waals surface area contributed by atoms with Crippen LogP contribution in [-0.4, -0.2) is 35.2 Å². The Bertz CT molecular complexity index is 151. The van der Waals surface area contributed by atoms with Gasteiger partial charge >= 0.3 is 0 Å². The van der Waals surface area contributed by atoms with Crippen molar-refractivity contribution in [1.29, 1.82) is 0 Å². The quantitative estimate of drug-likeness (QED) is 0.689. The second-order valence-corrected chi connectivity index (χ2v) is 3.75. The van der Waals surface area contributed by atoms with Gasteiger partial charge in [-0.25, -0.2) is 4.39 Å². The summed E-state index contributed by atoms with van der Waals surface area (Å²) in [5, 5.41) is 8.90. The molecule has 1 heterocycles. The van der Waals surface area contributed by atoms with Crippen molar-refractivity contribution in [3.05, 3.63) is 0 Å². The van der Waals surface area contributed by atoms with Crippen LogP contribution in [0.5, 0.6) is 0 Å². The van der Waals surface area contributed by atoms with Crippen LogP contribution in [-0.2, 0) is 4.79 Å². The summed E-state index contributed by atoms with van der Waals surface area (Å²) in [5.41, 5.74) is 0. The van der Waals surface area contributed by atoms with Crippen molar-refractivity contribution in [3.63, 3.8) is 0 Å². The van der Waals surface area contributed by atoms with Gasteiger partial charge in [-0.1, -0.05) is 0 Å². The van der Waals surface area contributed by atoms with Gasteiger partial charge < -0.3 is 5.11 Å². The molecule has 11 heavy (non-hydrogen) atoms. The lowest BCUT2D eigenvalue weighted by Crippen LogP contribution is -2.20. The average molecular weight is 178 g/mol. The van der Waals surface area contributed by atoms with Crippen molar-refractivity contribution in [2.24, 2.45) is 5.92 Å². The highest BCUT2D eigenvalue weighted by atomic mass is 32.2. The number of ketones is 1. The van der Waals surface area contributed by atoms with Crippen LogP contribution >= 0.6 is 11.8 Å². The SMILES string of the molecule is O=C1CSCC1CC(O)CF. The highest BCUT2D eigenvalue weighted by molar-refractivity contribution is 8.00. The zero-order valence-electron chi connectivity index (χ0n) is 6.12. The molecule has 1 N–H and O–H groups in total. The molecule has 0 aromatic rings. The molecule has 64 valence electrons. The standard InChI is InChI=1S/C7H11FO2S/c8-2-6(9)1-5-3-11-4-7(5)10/h5-6,9H,1-4H2. The second-order valence-electron chi connectivity index (χ2n) is 2.72. The van der Waals surface area contributed by atoms with Gasteiger partial charge in [0.05, 0.1) is 11.9 Å². The van der Waals surface area contributed by atoms with E-state index >= 15 is 0 Å². The highest BCUT2D eigenvalue weighted by Gasteiger charge is 2.26. The van der Waals surface area contributed by atoms with Gasteiger partial charge in [0.15, 0.2) is 0 Å². The van der Waals surface area contributed by atoms with Crippen LogP contribution in [0.2, 0.25) is 0 Å². The number of aliphatic hydroxyl groups is 1. The fourth-order valence-corrected chi connectivity index (χ4v) is 2.26. The molecule has 0 radical (unpaired) electrons. The summed E-state index contributed by atoms with van der Waals surface area (Å²) < 4.78 is 11.8. The van der Waals surface area contributed by atoms with Crippen LogP contribution < -0.4 is 0 Å². The number of rotatable bonds is 3. The van der Waals surface area contributed by atoms with Gasteiger partial charge in [0, 0.05) is 11.7 Å². The lowest BCUT2D eigenvalue weighted by Gasteiger charge is -2.09. The Labute approximate surface area is 69.2 Å². The van der Waals surface area contributed by atoms with Crippen molar-refractivity contribution < 1.29 is 14.3 Å². The van der Waals surface area contributed by atoms with E-state index in [2.05, 4.69) is 0 Å². The lowest BCUT2D eigenvalue weighted by molar-refractivity contribution is -0.120. The Morgan fingerprint density at radius 3 is 3.00 bits per heavy atom. The molecular weight excluding hydrogens is 167 g/mol. The summed E-state index contributed by atoms with van der Waals surface area (Å²) >= 11 is 1.56. The number of alkyl halides is 1. The second kappa shape index (κ2) is 4.07. The fraction of sp³-hybridized carbons (Fsp3) is 0.857. The van der Waals surface area contributed by atoms with Gasteiger partial charge in [0.1, 0.15) is 12.5 Å². The van der Waals surface area contributed by atoms with Crippen molar-refractivity contribution in [3.8, 4) is 0 Å². The van der Waals surface area contributed by atoms with E-state index in [0.717, 1.165) is 5.75 Å². The predicted molar refractivity (Wildman–Crippen MR) is 42.4 cm³/mol. The molecule has 0 aliphatic carbocycles. The van der Waals surface area contributed by atoms with Gasteiger partial charge in [0.2, 0.25) is 0 Å². The summed E-state index contributed by atoms with van der Waals surface area (Å²) in [7, 11) is 0. The molecule has 0 aromatic carbocycles. The highest BCUT2D eigenvalue weighted by Crippen LogP contribution is 2.24. The summed E-state index contributed by atoms with van der Waals surface area (Å²) in [4.78, 5) is 11.0. The van der Waals surface area contributed by atoms with E-state index in [0.29, 0.717) is 12.2 Å². The minimum absolute atomic E-state index is 0.106. The Morgan fingerprint density at radius 1 is 1.82 bits per heavy atom. The van der Waals surface area contributed by atoms with E-state index in [1.54, 1.807) is 11.8 Å². The smallest absolute Gasteiger partial charge is 0.146 e. The van der Waals surface area contributed by atoms with Crippen LogP contribution in [0, 0.1) is 5.92 Å². The van der Waals surface area contributed by atoms with Crippen LogP contribution in [0.3, 0.4) is 0 Å². The largest absolute Gasteiger partial charge is 0.390 e. The van der Waals surface area contributed by atoms with Crippen molar-refractivity contribution in [1.82, 2.24) is 0 Å². The van der Waals surface area contributed by atoms with Gasteiger partial charge in [-0.05, 0) is 6.42 Å². The summed E-state index contributed by atoms with van der Waals surface area (Å²) in [6.07, 6.45) is -0.648. The summed E-state index contributed by atoms with van der Waals surface area (Å²) in [6, 6.07) is 0. The molecule has 0 aromatic heterocycles. The Morgan fingerprint density at radius 2 is 2.55 bits per heavy atom. The average Bonchev–Trinajstić information content (AvgIpc) is 2.37. The maximum atomic E-state index is 11.8. The third-order valence-electron chi connectivity index (χ3n) is 1.75. The number of hydrogen-bond acceptors (Lipinski definition) is 3. The monoisotopic (exact) mass is 178 g/mol. The van der Waals surface area contributed by atoms with E-state index in [4.69, 9.17) is 5.11 Å². The summed E-state index contributed by atoms with van der Waals surface area (Å²) in [6.45, 7) is -0.742. The summed E-state index contributed by atoms with van der Waals surface area (Å²) in [5.74, 6) is 1.33. The molecule has 4 heteroatoms. The topological polar surface area (TPSA) is 37.3 Å². The minimum atomic E-state index is -0.942. The Balaban J connectivity index is 2.30. The van der Waals surface area contributed by atoms with E-state index in [1.807, 2.05) is 0 Å². The van der Waals surface area contributed by atoms with E-state index in [-0.39, 0.29) is 11.7 Å². The molecule has 1 rings (SSSR count). The van der Waals surface area contributed by atoms with Gasteiger partial charge in [0.25, 0.3) is 0 Å². The number of carbonyl (C=O) groups is 1. The first-order valence-corrected chi connectivity index (χ1v) is 4.74. The molecule has 2 unspecified atom stereocenters. The molecule has 1 aliphatic heterocycles. The normalized spacial score (nSPS) is 27.5. The molecular formula is C7H11FO2S. The number of Topliss-reactive ketones (excluding diaryl/α,β-unsaturated/α-hetero) is 1. The van der Waals surface area contributed by atoms with Crippen LogP contribution in [0.4, 0.5) is 4.39 Å². The van der Waals surface area contributed by atoms with Crippen molar-refractivity contribution in [2.75, 3.05) is 18.2 Å². The molecule has 1 aliphatic rings. The van der Waals surface area contributed by atoms with Crippen LogP contribution in [0.1, 0.15) is 6.42 Å². The maximum absolute atomic E-state index is 11.8. The number of aliphatic hydroxyl groups excluding tert-OH is 1. The van der Waals surface area contributed by atoms with Crippen molar-refractivity contribution >= 4 is 17.5 Å². The first-order valence-electron chi connectivity index (χ1n) is 3.58. The lowest BCUT2D eigenvalue weighted by atomic mass is 10.0. The van der Waals surface area contributed by atoms with Gasteiger partial charge in [-0.2, -0.15) is 11.8 Å². The molecule has 1 saturated heterocycles. The molecule has 0 amide bonds. The van der Waals surface area contributed by atoms with Gasteiger partial charge in [-0.15, -0.1) is 0 Å². The molecule has 2 atom stereocenters. The van der Waals surface area contributed by atoms with Crippen molar-refractivity contribution in [2.45, 2.75) is 12.5 Å². The predicted octanol–water partition coefficient (Wildman–Crippen LogP) is 0.639. The van der Waals surface area contributed by atoms with Crippen LogP contribution in [0.15, 0.2) is 0 Å². The third-order valence-corrected chi connectivity index (χ3v) is 2.88. The first kappa shape index (κ1) is 9.00. The Hall–Kier alpha value is -0.0900. The zero-order chi connectivity index (χ0) is 8.27. The number of hydrogen-bond donors (Lipinski definition) is 1. The fourth-order valence-electron chi connectivity index (χ4n) is 1.10.